The number of amides is 1. The lowest BCUT2D eigenvalue weighted by atomic mass is 10.0. The van der Waals surface area contributed by atoms with Gasteiger partial charge in [0.15, 0.2) is 5.66 Å². The molecular weight excluding hydrogens is 224 g/mol. The normalized spacial score (nSPS) is 13.9. The minimum atomic E-state index is -1.45. The lowest BCUT2D eigenvalue weighted by molar-refractivity contribution is -0.126. The van der Waals surface area contributed by atoms with Crippen LogP contribution < -0.4 is 11.1 Å². The molecule has 0 aliphatic heterocycles. The second-order valence-electron chi connectivity index (χ2n) is 3.62. The molecule has 0 bridgehead atoms. The highest BCUT2D eigenvalue weighted by Gasteiger charge is 2.32. The molecule has 1 atom stereocenters. The second kappa shape index (κ2) is 5.14. The number of carbonyl (C=O) groups is 2. The second-order valence-corrected chi connectivity index (χ2v) is 4.03. The Bertz CT molecular complexity index is 394. The first-order valence-corrected chi connectivity index (χ1v) is 5.24. The zero-order chi connectivity index (χ0) is 12.2. The fraction of sp³-hybridized carbons (Fsp3) is 0.273. The Hall–Kier alpha value is -1.33. The molecule has 0 saturated carbocycles. The standard InChI is InChI=1S/C11H14N2O2S/c1-8(14)13-11(12,10(15)16)7-9-5-3-2-4-6-9/h2-6H,7,12H2,1H3,(H,13,14)(H,15,16)/t11-/m1/s1. The summed E-state index contributed by atoms with van der Waals surface area (Å²) >= 11 is 3.71. The van der Waals surface area contributed by atoms with Crippen LogP contribution in [-0.4, -0.2) is 16.7 Å². The largest absolute Gasteiger partial charge is 0.331 e. The van der Waals surface area contributed by atoms with Crippen molar-refractivity contribution in [1.29, 1.82) is 0 Å². The highest BCUT2D eigenvalue weighted by atomic mass is 32.1. The first-order chi connectivity index (χ1) is 7.44. The van der Waals surface area contributed by atoms with E-state index in [9.17, 15) is 9.59 Å². The van der Waals surface area contributed by atoms with Crippen molar-refractivity contribution >= 4 is 23.7 Å². The molecule has 1 rings (SSSR count). The van der Waals surface area contributed by atoms with Crippen LogP contribution in [0.3, 0.4) is 0 Å². The summed E-state index contributed by atoms with van der Waals surface area (Å²) in [7, 11) is 0. The number of benzene rings is 1. The summed E-state index contributed by atoms with van der Waals surface area (Å²) in [6.45, 7) is 1.31. The Labute approximate surface area is 99.6 Å². The van der Waals surface area contributed by atoms with Gasteiger partial charge in [-0.3, -0.25) is 9.59 Å². The van der Waals surface area contributed by atoms with E-state index in [0.29, 0.717) is 0 Å². The molecule has 0 spiro atoms. The highest BCUT2D eigenvalue weighted by molar-refractivity contribution is 7.96. The number of nitrogens with two attached hydrogens (primary N) is 1. The monoisotopic (exact) mass is 238 g/mol. The van der Waals surface area contributed by atoms with E-state index >= 15 is 0 Å². The highest BCUT2D eigenvalue weighted by Crippen LogP contribution is 2.11. The summed E-state index contributed by atoms with van der Waals surface area (Å²) in [5.74, 6) is -0.360. The first kappa shape index (κ1) is 12.7. The minimum absolute atomic E-state index is 0.218. The zero-order valence-electron chi connectivity index (χ0n) is 8.93. The molecule has 86 valence electrons. The van der Waals surface area contributed by atoms with E-state index in [-0.39, 0.29) is 12.3 Å². The van der Waals surface area contributed by atoms with Crippen LogP contribution in [0.1, 0.15) is 12.5 Å². The predicted octanol–water partition coefficient (Wildman–Crippen LogP) is 0.477. The van der Waals surface area contributed by atoms with Crippen molar-refractivity contribution in [3.05, 3.63) is 35.9 Å². The molecule has 4 nitrogen and oxygen atoms in total. The van der Waals surface area contributed by atoms with E-state index in [0.717, 1.165) is 5.56 Å². The SMILES string of the molecule is CC(=O)N[C@](N)(Cc1ccccc1)C(=O)S. The third-order valence-electron chi connectivity index (χ3n) is 2.11. The van der Waals surface area contributed by atoms with Crippen LogP contribution in [0.25, 0.3) is 0 Å². The number of carbonyl (C=O) groups excluding carboxylic acids is 2. The molecule has 1 aromatic carbocycles. The van der Waals surface area contributed by atoms with Gasteiger partial charge in [-0.05, 0) is 5.56 Å². The van der Waals surface area contributed by atoms with Gasteiger partial charge in [0.1, 0.15) is 0 Å². The molecule has 0 unspecified atom stereocenters. The lowest BCUT2D eigenvalue weighted by Gasteiger charge is -2.26. The third-order valence-corrected chi connectivity index (χ3v) is 2.51. The molecular formula is C11H14N2O2S. The van der Waals surface area contributed by atoms with Gasteiger partial charge in [0, 0.05) is 13.3 Å². The molecule has 0 aliphatic rings. The summed E-state index contributed by atoms with van der Waals surface area (Å²) < 4.78 is 0. The quantitative estimate of drug-likeness (QED) is 0.527. The van der Waals surface area contributed by atoms with E-state index < -0.39 is 10.8 Å². The predicted molar refractivity (Wildman–Crippen MR) is 64.9 cm³/mol. The smallest absolute Gasteiger partial charge is 0.226 e. The maximum Gasteiger partial charge on any atom is 0.226 e. The number of hydrogen-bond acceptors (Lipinski definition) is 3. The van der Waals surface area contributed by atoms with Crippen molar-refractivity contribution < 1.29 is 9.59 Å². The van der Waals surface area contributed by atoms with Gasteiger partial charge in [-0.25, -0.2) is 0 Å². The van der Waals surface area contributed by atoms with Crippen molar-refractivity contribution in [3.63, 3.8) is 0 Å². The molecule has 5 heteroatoms. The van der Waals surface area contributed by atoms with E-state index in [1.54, 1.807) is 0 Å². The number of hydrogen-bond donors (Lipinski definition) is 3. The molecule has 3 N–H and O–H groups in total. The first-order valence-electron chi connectivity index (χ1n) is 4.79. The maximum atomic E-state index is 11.3. The third kappa shape index (κ3) is 3.36. The van der Waals surface area contributed by atoms with Gasteiger partial charge in [0.2, 0.25) is 11.0 Å². The van der Waals surface area contributed by atoms with E-state index in [2.05, 4.69) is 17.9 Å². The van der Waals surface area contributed by atoms with Gasteiger partial charge < -0.3 is 11.1 Å². The molecule has 0 aromatic heterocycles. The minimum Gasteiger partial charge on any atom is -0.331 e. The lowest BCUT2D eigenvalue weighted by Crippen LogP contribution is -2.61. The molecule has 1 amide bonds. The molecule has 16 heavy (non-hydrogen) atoms. The molecule has 0 radical (unpaired) electrons. The molecule has 1 aromatic rings. The van der Waals surface area contributed by atoms with Gasteiger partial charge in [-0.2, -0.15) is 0 Å². The topological polar surface area (TPSA) is 72.2 Å². The Balaban J connectivity index is 2.87. The van der Waals surface area contributed by atoms with Crippen LogP contribution in [0.15, 0.2) is 30.3 Å². The number of thiol groups is 1. The molecule has 0 aliphatic carbocycles. The van der Waals surface area contributed by atoms with Crippen molar-refractivity contribution in [2.45, 2.75) is 19.0 Å². The maximum absolute atomic E-state index is 11.3. The average molecular weight is 238 g/mol. The van der Waals surface area contributed by atoms with Gasteiger partial charge in [-0.1, -0.05) is 30.3 Å². The van der Waals surface area contributed by atoms with Crippen LogP contribution in [0.4, 0.5) is 0 Å². The van der Waals surface area contributed by atoms with Crippen molar-refractivity contribution in [2.24, 2.45) is 5.73 Å². The fourth-order valence-corrected chi connectivity index (χ4v) is 1.54. The van der Waals surface area contributed by atoms with Crippen molar-refractivity contribution in [1.82, 2.24) is 5.32 Å². The number of rotatable bonds is 4. The Morgan fingerprint density at radius 3 is 2.38 bits per heavy atom. The Morgan fingerprint density at radius 1 is 1.38 bits per heavy atom. The summed E-state index contributed by atoms with van der Waals surface area (Å²) in [5.41, 5.74) is 5.23. The molecule has 0 saturated heterocycles. The van der Waals surface area contributed by atoms with Crippen LogP contribution in [-0.2, 0) is 16.0 Å². The van der Waals surface area contributed by atoms with Crippen LogP contribution in [0.5, 0.6) is 0 Å². The van der Waals surface area contributed by atoms with Crippen molar-refractivity contribution in [3.8, 4) is 0 Å². The van der Waals surface area contributed by atoms with E-state index in [4.69, 9.17) is 5.73 Å². The van der Waals surface area contributed by atoms with Gasteiger partial charge in [0.05, 0.1) is 0 Å². The summed E-state index contributed by atoms with van der Waals surface area (Å²) in [6.07, 6.45) is 0.218. The summed E-state index contributed by atoms with van der Waals surface area (Å²) in [5, 5.41) is 1.85. The summed E-state index contributed by atoms with van der Waals surface area (Å²) in [4.78, 5) is 22.3. The summed E-state index contributed by atoms with van der Waals surface area (Å²) in [6, 6.07) is 9.21. The van der Waals surface area contributed by atoms with Gasteiger partial charge in [-0.15, -0.1) is 12.6 Å². The van der Waals surface area contributed by atoms with E-state index in [1.807, 2.05) is 30.3 Å². The van der Waals surface area contributed by atoms with Crippen LogP contribution in [0, 0.1) is 0 Å². The van der Waals surface area contributed by atoms with Gasteiger partial charge >= 0.3 is 0 Å². The van der Waals surface area contributed by atoms with Crippen LogP contribution in [0.2, 0.25) is 0 Å². The average Bonchev–Trinajstić information content (AvgIpc) is 2.17. The Morgan fingerprint density at radius 2 is 1.94 bits per heavy atom. The van der Waals surface area contributed by atoms with Crippen molar-refractivity contribution in [2.75, 3.05) is 0 Å². The van der Waals surface area contributed by atoms with Gasteiger partial charge in [0.25, 0.3) is 0 Å². The zero-order valence-corrected chi connectivity index (χ0v) is 9.83. The molecule has 0 fully saturated rings. The van der Waals surface area contributed by atoms with E-state index in [1.165, 1.54) is 6.92 Å². The number of nitrogens with one attached hydrogen (secondary N) is 1. The Kier molecular flexibility index (Phi) is 4.09. The van der Waals surface area contributed by atoms with Crippen LogP contribution >= 0.6 is 12.6 Å². The fourth-order valence-electron chi connectivity index (χ4n) is 1.41. The molecule has 0 heterocycles.